The molecule has 0 saturated carbocycles. The Bertz CT molecular complexity index is 644. The van der Waals surface area contributed by atoms with Crippen LogP contribution in [0.3, 0.4) is 0 Å². The summed E-state index contributed by atoms with van der Waals surface area (Å²) < 4.78 is 13.3. The second kappa shape index (κ2) is 5.53. The predicted molar refractivity (Wildman–Crippen MR) is 75.9 cm³/mol. The first kappa shape index (κ1) is 13.7. The fourth-order valence-corrected chi connectivity index (χ4v) is 2.36. The van der Waals surface area contributed by atoms with E-state index in [1.807, 2.05) is 6.92 Å². The molecule has 0 atom stereocenters. The van der Waals surface area contributed by atoms with Gasteiger partial charge < -0.3 is 4.98 Å². The van der Waals surface area contributed by atoms with Gasteiger partial charge in [0.15, 0.2) is 0 Å². The molecule has 0 aliphatic rings. The van der Waals surface area contributed by atoms with Gasteiger partial charge in [-0.1, -0.05) is 19.9 Å². The van der Waals surface area contributed by atoms with Crippen molar-refractivity contribution in [2.24, 2.45) is 0 Å². The molecule has 3 nitrogen and oxygen atoms in total. The lowest BCUT2D eigenvalue weighted by Gasteiger charge is -2.20. The minimum atomic E-state index is -0.379. The van der Waals surface area contributed by atoms with Crippen LogP contribution in [0.4, 0.5) is 4.39 Å². The highest BCUT2D eigenvalue weighted by molar-refractivity contribution is 5.85. The van der Waals surface area contributed by atoms with Crippen LogP contribution >= 0.6 is 0 Å². The number of hydrogen-bond acceptors (Lipinski definition) is 2. The molecule has 0 unspecified atom stereocenters. The van der Waals surface area contributed by atoms with Crippen molar-refractivity contribution in [3.63, 3.8) is 0 Å². The lowest BCUT2D eigenvalue weighted by Crippen LogP contribution is -2.24. The van der Waals surface area contributed by atoms with Gasteiger partial charge in [-0.25, -0.2) is 4.39 Å². The van der Waals surface area contributed by atoms with Crippen molar-refractivity contribution < 1.29 is 4.39 Å². The zero-order valence-electron chi connectivity index (χ0n) is 11.6. The summed E-state index contributed by atoms with van der Waals surface area (Å²) in [4.78, 5) is 17.0. The first-order valence-corrected chi connectivity index (χ1v) is 6.60. The van der Waals surface area contributed by atoms with E-state index in [9.17, 15) is 9.18 Å². The van der Waals surface area contributed by atoms with Crippen LogP contribution in [0, 0.1) is 12.7 Å². The summed E-state index contributed by atoms with van der Waals surface area (Å²) in [6.07, 6.45) is 0. The van der Waals surface area contributed by atoms with Crippen molar-refractivity contribution in [2.45, 2.75) is 27.3 Å². The van der Waals surface area contributed by atoms with E-state index in [0.717, 1.165) is 36.3 Å². The normalized spacial score (nSPS) is 11.4. The summed E-state index contributed by atoms with van der Waals surface area (Å²) in [5.41, 5.74) is 1.70. The Morgan fingerprint density at radius 3 is 2.53 bits per heavy atom. The molecule has 1 aromatic heterocycles. The first-order valence-electron chi connectivity index (χ1n) is 6.60. The molecular weight excluding hydrogens is 243 g/mol. The molecule has 0 aliphatic heterocycles. The Labute approximate surface area is 112 Å². The molecule has 1 aromatic carbocycles. The van der Waals surface area contributed by atoms with Gasteiger partial charge in [-0.05, 0) is 43.1 Å². The third-order valence-corrected chi connectivity index (χ3v) is 3.58. The fourth-order valence-electron chi connectivity index (χ4n) is 2.36. The van der Waals surface area contributed by atoms with Gasteiger partial charge in [0, 0.05) is 12.2 Å². The molecule has 0 spiro atoms. The van der Waals surface area contributed by atoms with Crippen molar-refractivity contribution >= 4 is 10.8 Å². The van der Waals surface area contributed by atoms with Gasteiger partial charge in [0.1, 0.15) is 5.82 Å². The molecule has 2 rings (SSSR count). The van der Waals surface area contributed by atoms with E-state index in [1.54, 1.807) is 6.07 Å². The number of benzene rings is 1. The van der Waals surface area contributed by atoms with E-state index in [2.05, 4.69) is 23.7 Å². The second-order valence-electron chi connectivity index (χ2n) is 4.71. The number of aryl methyl sites for hydroxylation is 1. The Hall–Kier alpha value is -1.68. The lowest BCUT2D eigenvalue weighted by molar-refractivity contribution is 0.296. The molecule has 2 aromatic rings. The number of nitrogens with zero attached hydrogens (tertiary/aromatic N) is 1. The van der Waals surface area contributed by atoms with E-state index in [1.165, 1.54) is 12.1 Å². The van der Waals surface area contributed by atoms with Crippen LogP contribution < -0.4 is 5.56 Å². The van der Waals surface area contributed by atoms with Crippen LogP contribution in [0.15, 0.2) is 23.0 Å². The highest BCUT2D eigenvalue weighted by Gasteiger charge is 2.11. The summed E-state index contributed by atoms with van der Waals surface area (Å²) in [6.45, 7) is 8.75. The summed E-state index contributed by atoms with van der Waals surface area (Å²) >= 11 is 0. The van der Waals surface area contributed by atoms with Crippen molar-refractivity contribution in [1.82, 2.24) is 9.88 Å². The Balaban J connectivity index is 2.63. The number of rotatable bonds is 4. The quantitative estimate of drug-likeness (QED) is 0.919. The number of nitrogens with one attached hydrogen (secondary N) is 1. The third-order valence-electron chi connectivity index (χ3n) is 3.58. The standard InChI is InChI=1S/C15H19FN2O/c1-4-18(5-2)9-14-10(3)17-15(19)13-8-11(16)6-7-12(13)14/h6-8H,4-5,9H2,1-3H3,(H,17,19). The number of H-pyrrole nitrogens is 1. The highest BCUT2D eigenvalue weighted by atomic mass is 19.1. The topological polar surface area (TPSA) is 36.1 Å². The van der Waals surface area contributed by atoms with E-state index in [-0.39, 0.29) is 11.4 Å². The maximum absolute atomic E-state index is 13.3. The zero-order chi connectivity index (χ0) is 14.0. The van der Waals surface area contributed by atoms with Gasteiger partial charge in [-0.3, -0.25) is 9.69 Å². The SMILES string of the molecule is CCN(CC)Cc1c(C)[nH]c(=O)c2cc(F)ccc12. The number of fused-ring (bicyclic) bond motifs is 1. The van der Waals surface area contributed by atoms with Gasteiger partial charge >= 0.3 is 0 Å². The van der Waals surface area contributed by atoms with Crippen LogP contribution in [0.25, 0.3) is 10.8 Å². The highest BCUT2D eigenvalue weighted by Crippen LogP contribution is 2.20. The minimum absolute atomic E-state index is 0.227. The molecule has 0 fully saturated rings. The lowest BCUT2D eigenvalue weighted by atomic mass is 10.0. The molecule has 0 bridgehead atoms. The fraction of sp³-hybridized carbons (Fsp3) is 0.400. The smallest absolute Gasteiger partial charge is 0.256 e. The first-order chi connectivity index (χ1) is 9.06. The van der Waals surface area contributed by atoms with Gasteiger partial charge in [0.05, 0.1) is 5.39 Å². The van der Waals surface area contributed by atoms with Crippen molar-refractivity contribution in [3.05, 3.63) is 45.6 Å². The van der Waals surface area contributed by atoms with Crippen LogP contribution in [-0.4, -0.2) is 23.0 Å². The van der Waals surface area contributed by atoms with Crippen LogP contribution in [0.2, 0.25) is 0 Å². The zero-order valence-corrected chi connectivity index (χ0v) is 11.6. The van der Waals surface area contributed by atoms with Gasteiger partial charge in [0.2, 0.25) is 0 Å². The van der Waals surface area contributed by atoms with Crippen LogP contribution in [0.1, 0.15) is 25.1 Å². The Morgan fingerprint density at radius 2 is 1.89 bits per heavy atom. The molecule has 0 saturated heterocycles. The van der Waals surface area contributed by atoms with Crippen molar-refractivity contribution in [2.75, 3.05) is 13.1 Å². The van der Waals surface area contributed by atoms with Gasteiger partial charge in [-0.2, -0.15) is 0 Å². The average molecular weight is 262 g/mol. The maximum Gasteiger partial charge on any atom is 0.256 e. The molecular formula is C15H19FN2O. The second-order valence-corrected chi connectivity index (χ2v) is 4.71. The predicted octanol–water partition coefficient (Wildman–Crippen LogP) is 2.82. The molecule has 19 heavy (non-hydrogen) atoms. The number of pyridine rings is 1. The largest absolute Gasteiger partial charge is 0.326 e. The van der Waals surface area contributed by atoms with E-state index >= 15 is 0 Å². The summed E-state index contributed by atoms with van der Waals surface area (Å²) in [5, 5.41) is 1.27. The molecule has 1 N–H and O–H groups in total. The van der Waals surface area contributed by atoms with E-state index in [4.69, 9.17) is 0 Å². The van der Waals surface area contributed by atoms with Crippen molar-refractivity contribution in [3.8, 4) is 0 Å². The Morgan fingerprint density at radius 1 is 1.21 bits per heavy atom. The molecule has 102 valence electrons. The molecule has 4 heteroatoms. The van der Waals surface area contributed by atoms with Gasteiger partial charge in [0.25, 0.3) is 5.56 Å². The average Bonchev–Trinajstić information content (AvgIpc) is 2.39. The molecule has 0 aliphatic carbocycles. The summed E-state index contributed by atoms with van der Waals surface area (Å²) in [5.74, 6) is -0.379. The third kappa shape index (κ3) is 2.68. The Kier molecular flexibility index (Phi) is 4.00. The maximum atomic E-state index is 13.3. The number of aromatic amines is 1. The molecule has 0 amide bonds. The summed E-state index contributed by atoms with van der Waals surface area (Å²) in [6, 6.07) is 4.41. The number of halogens is 1. The van der Waals surface area contributed by atoms with E-state index < -0.39 is 0 Å². The van der Waals surface area contributed by atoms with Crippen LogP contribution in [0.5, 0.6) is 0 Å². The number of aromatic nitrogens is 1. The molecule has 0 radical (unpaired) electrons. The minimum Gasteiger partial charge on any atom is -0.326 e. The summed E-state index contributed by atoms with van der Waals surface area (Å²) in [7, 11) is 0. The van der Waals surface area contributed by atoms with Crippen molar-refractivity contribution in [1.29, 1.82) is 0 Å². The monoisotopic (exact) mass is 262 g/mol. The van der Waals surface area contributed by atoms with Crippen LogP contribution in [-0.2, 0) is 6.54 Å². The van der Waals surface area contributed by atoms with E-state index in [0.29, 0.717) is 5.39 Å². The molecule has 1 heterocycles. The number of hydrogen-bond donors (Lipinski definition) is 1. The van der Waals surface area contributed by atoms with Gasteiger partial charge in [-0.15, -0.1) is 0 Å².